The molecule has 0 spiro atoms. The smallest absolute Gasteiger partial charge is 0.550 e. The number of aliphatic carboxylic acids is 2. The third-order valence-corrected chi connectivity index (χ3v) is 1.51. The fourth-order valence-corrected chi connectivity index (χ4v) is 0.770. The van der Waals surface area contributed by atoms with E-state index >= 15 is 0 Å². The molecule has 0 radical (unpaired) electrons. The summed E-state index contributed by atoms with van der Waals surface area (Å²) in [5.74, 6) is -4.27. The van der Waals surface area contributed by atoms with Crippen LogP contribution in [0.4, 0.5) is 0 Å². The molecule has 0 aromatic heterocycles. The molecule has 0 atom stereocenters. The molecule has 22 heavy (non-hydrogen) atoms. The zero-order chi connectivity index (χ0) is 16.0. The molecular formula is C12H18Na2O8. The van der Waals surface area contributed by atoms with E-state index in [4.69, 9.17) is 0 Å². The van der Waals surface area contributed by atoms with Gasteiger partial charge in [-0.3, -0.25) is 9.59 Å². The Balaban J connectivity index is -0.000000135. The first-order valence-electron chi connectivity index (χ1n) is 6.04. The second kappa shape index (κ2) is 20.9. The van der Waals surface area contributed by atoms with Gasteiger partial charge in [0.25, 0.3) is 0 Å². The van der Waals surface area contributed by atoms with E-state index in [0.29, 0.717) is 12.8 Å². The van der Waals surface area contributed by atoms with Crippen LogP contribution in [-0.2, 0) is 28.7 Å². The van der Waals surface area contributed by atoms with Gasteiger partial charge in [0.15, 0.2) is 0 Å². The van der Waals surface area contributed by atoms with Crippen LogP contribution in [0.1, 0.15) is 39.5 Å². The molecule has 0 aliphatic rings. The SMILES string of the molecule is CCCOC(=O)CC(=O)[O-].CCCOC(=O)CC(=O)[O-].[Na+].[Na+]. The minimum Gasteiger partial charge on any atom is -0.550 e. The van der Waals surface area contributed by atoms with Crippen molar-refractivity contribution in [2.24, 2.45) is 0 Å². The molecule has 0 aromatic carbocycles. The predicted octanol–water partition coefficient (Wildman–Crippen LogP) is -7.83. The third-order valence-electron chi connectivity index (χ3n) is 1.51. The van der Waals surface area contributed by atoms with Gasteiger partial charge in [0, 0.05) is 0 Å². The summed E-state index contributed by atoms with van der Waals surface area (Å²) >= 11 is 0. The molecule has 0 saturated carbocycles. The van der Waals surface area contributed by atoms with Crippen molar-refractivity contribution in [3.05, 3.63) is 0 Å². The van der Waals surface area contributed by atoms with Gasteiger partial charge in [0.2, 0.25) is 0 Å². The van der Waals surface area contributed by atoms with E-state index in [1.807, 2.05) is 13.8 Å². The Hall–Kier alpha value is -0.120. The topological polar surface area (TPSA) is 133 Å². The van der Waals surface area contributed by atoms with Crippen LogP contribution in [0.3, 0.4) is 0 Å². The first-order chi connectivity index (χ1) is 9.33. The number of ether oxygens (including phenoxy) is 2. The van der Waals surface area contributed by atoms with Gasteiger partial charge in [-0.1, -0.05) is 13.8 Å². The number of hydrogen-bond acceptors (Lipinski definition) is 8. The minimum absolute atomic E-state index is 0. The molecule has 0 rings (SSSR count). The van der Waals surface area contributed by atoms with Gasteiger partial charge in [0.05, 0.1) is 38.0 Å². The average molecular weight is 336 g/mol. The zero-order valence-electron chi connectivity index (χ0n) is 13.5. The number of carbonyl (C=O) groups excluding carboxylic acids is 4. The molecule has 0 aliphatic heterocycles. The maximum absolute atomic E-state index is 10.4. The summed E-state index contributed by atoms with van der Waals surface area (Å²) in [4.78, 5) is 40.3. The number of carboxylic acid groups (broad SMARTS) is 2. The second-order valence-electron chi connectivity index (χ2n) is 3.54. The zero-order valence-corrected chi connectivity index (χ0v) is 17.5. The van der Waals surface area contributed by atoms with Crippen LogP contribution in [-0.4, -0.2) is 37.1 Å². The van der Waals surface area contributed by atoms with Gasteiger partial charge in [-0.15, -0.1) is 0 Å². The standard InChI is InChI=1S/2C6H10O4.2Na/c2*1-2-3-10-6(9)4-5(7)8;;/h2*2-4H2,1H3,(H,7,8);;/q;;2*+1/p-2. The summed E-state index contributed by atoms with van der Waals surface area (Å²) in [5.41, 5.74) is 0. The molecule has 0 unspecified atom stereocenters. The predicted molar refractivity (Wildman–Crippen MR) is 61.7 cm³/mol. The van der Waals surface area contributed by atoms with E-state index in [2.05, 4.69) is 9.47 Å². The molecule has 0 fully saturated rings. The molecule has 0 bridgehead atoms. The third kappa shape index (κ3) is 28.1. The Kier molecular flexibility index (Phi) is 28.3. The Morgan fingerprint density at radius 2 is 1.00 bits per heavy atom. The number of hydrogen-bond donors (Lipinski definition) is 0. The quantitative estimate of drug-likeness (QED) is 0.242. The van der Waals surface area contributed by atoms with Crippen molar-refractivity contribution in [3.63, 3.8) is 0 Å². The summed E-state index contributed by atoms with van der Waals surface area (Å²) in [6.07, 6.45) is 0.0809. The average Bonchev–Trinajstić information content (AvgIpc) is 2.33. The van der Waals surface area contributed by atoms with E-state index in [9.17, 15) is 29.4 Å². The van der Waals surface area contributed by atoms with Crippen molar-refractivity contribution in [3.8, 4) is 0 Å². The molecule has 10 heteroatoms. The van der Waals surface area contributed by atoms with Crippen molar-refractivity contribution < 1.29 is 98.0 Å². The summed E-state index contributed by atoms with van der Waals surface area (Å²) in [7, 11) is 0. The summed E-state index contributed by atoms with van der Waals surface area (Å²) in [5, 5.41) is 19.5. The van der Waals surface area contributed by atoms with E-state index in [0.717, 1.165) is 0 Å². The maximum Gasteiger partial charge on any atom is 1.00 e. The molecule has 0 N–H and O–H groups in total. The van der Waals surface area contributed by atoms with Gasteiger partial charge in [-0.2, -0.15) is 0 Å². The van der Waals surface area contributed by atoms with E-state index in [-0.39, 0.29) is 72.3 Å². The van der Waals surface area contributed by atoms with E-state index < -0.39 is 36.7 Å². The molecule has 0 saturated heterocycles. The van der Waals surface area contributed by atoms with Gasteiger partial charge in [0.1, 0.15) is 0 Å². The van der Waals surface area contributed by atoms with Crippen molar-refractivity contribution in [2.45, 2.75) is 39.5 Å². The first-order valence-corrected chi connectivity index (χ1v) is 6.04. The molecular weight excluding hydrogens is 318 g/mol. The normalized spacial score (nSPS) is 8.09. The maximum atomic E-state index is 10.4. The molecule has 0 aliphatic carbocycles. The molecule has 8 nitrogen and oxygen atoms in total. The number of carbonyl (C=O) groups is 4. The Morgan fingerprint density at radius 1 is 0.727 bits per heavy atom. The van der Waals surface area contributed by atoms with Crippen LogP contribution in [0.15, 0.2) is 0 Å². The molecule has 0 heterocycles. The van der Waals surface area contributed by atoms with Crippen LogP contribution < -0.4 is 69.3 Å². The monoisotopic (exact) mass is 336 g/mol. The summed E-state index contributed by atoms with van der Waals surface area (Å²) < 4.78 is 8.88. The van der Waals surface area contributed by atoms with Gasteiger partial charge >= 0.3 is 71.1 Å². The van der Waals surface area contributed by atoms with E-state index in [1.165, 1.54) is 0 Å². The van der Waals surface area contributed by atoms with Crippen molar-refractivity contribution >= 4 is 23.9 Å². The van der Waals surface area contributed by atoms with Gasteiger partial charge in [-0.05, 0) is 12.8 Å². The van der Waals surface area contributed by atoms with Crippen LogP contribution in [0.5, 0.6) is 0 Å². The van der Waals surface area contributed by atoms with Crippen LogP contribution in [0, 0.1) is 0 Å². The minimum atomic E-state index is -1.40. The number of carboxylic acids is 2. The second-order valence-corrected chi connectivity index (χ2v) is 3.54. The van der Waals surface area contributed by atoms with Crippen molar-refractivity contribution in [1.82, 2.24) is 0 Å². The Bertz CT molecular complexity index is 301. The Labute approximate surface area is 173 Å². The molecule has 0 amide bonds. The fraction of sp³-hybridized carbons (Fsp3) is 0.667. The summed E-state index contributed by atoms with van der Waals surface area (Å²) in [6.45, 7) is 4.19. The summed E-state index contributed by atoms with van der Waals surface area (Å²) in [6, 6.07) is 0. The van der Waals surface area contributed by atoms with Crippen LogP contribution in [0.25, 0.3) is 0 Å². The van der Waals surface area contributed by atoms with Crippen molar-refractivity contribution in [1.29, 1.82) is 0 Å². The van der Waals surface area contributed by atoms with Crippen molar-refractivity contribution in [2.75, 3.05) is 13.2 Å². The fourth-order valence-electron chi connectivity index (χ4n) is 0.770. The number of rotatable bonds is 8. The van der Waals surface area contributed by atoms with Gasteiger partial charge in [-0.25, -0.2) is 0 Å². The van der Waals surface area contributed by atoms with Crippen LogP contribution >= 0.6 is 0 Å². The van der Waals surface area contributed by atoms with E-state index in [1.54, 1.807) is 0 Å². The van der Waals surface area contributed by atoms with Crippen LogP contribution in [0.2, 0.25) is 0 Å². The Morgan fingerprint density at radius 3 is 1.18 bits per heavy atom. The first kappa shape index (κ1) is 29.8. The molecule has 0 aromatic rings. The molecule has 116 valence electrons. The largest absolute Gasteiger partial charge is 1.00 e. The van der Waals surface area contributed by atoms with Gasteiger partial charge < -0.3 is 29.3 Å². The number of esters is 2.